The van der Waals surface area contributed by atoms with Gasteiger partial charge in [0.15, 0.2) is 0 Å². The van der Waals surface area contributed by atoms with Gasteiger partial charge < -0.3 is 10.1 Å². The van der Waals surface area contributed by atoms with Crippen LogP contribution in [0.2, 0.25) is 5.28 Å². The Kier molecular flexibility index (Phi) is 7.08. The second-order valence-electron chi connectivity index (χ2n) is 8.94. The van der Waals surface area contributed by atoms with Gasteiger partial charge in [-0.1, -0.05) is 66.7 Å². The van der Waals surface area contributed by atoms with Crippen LogP contribution in [-0.2, 0) is 9.59 Å². The van der Waals surface area contributed by atoms with Crippen molar-refractivity contribution in [1.82, 2.24) is 14.9 Å². The summed E-state index contributed by atoms with van der Waals surface area (Å²) in [6.07, 6.45) is 2.38. The van der Waals surface area contributed by atoms with Gasteiger partial charge in [0.25, 0.3) is 17.0 Å². The van der Waals surface area contributed by atoms with E-state index in [1.807, 2.05) is 48.5 Å². The number of amides is 3. The molecule has 41 heavy (non-hydrogen) atoms. The molecular formula is C30H18ClFN4O4S. The topological polar surface area (TPSA) is 101 Å². The van der Waals surface area contributed by atoms with Crippen molar-refractivity contribution >= 4 is 73.7 Å². The molecule has 0 radical (unpaired) electrons. The van der Waals surface area contributed by atoms with E-state index in [9.17, 15) is 18.8 Å². The van der Waals surface area contributed by atoms with E-state index in [2.05, 4.69) is 15.3 Å². The van der Waals surface area contributed by atoms with Crippen molar-refractivity contribution in [2.45, 2.75) is 0 Å². The summed E-state index contributed by atoms with van der Waals surface area (Å²) in [5.74, 6) is -2.20. The van der Waals surface area contributed by atoms with Crippen LogP contribution in [-0.4, -0.2) is 38.5 Å². The van der Waals surface area contributed by atoms with Crippen molar-refractivity contribution in [2.24, 2.45) is 0 Å². The maximum Gasteiger partial charge on any atom is 0.294 e. The third-order valence-corrected chi connectivity index (χ3v) is 7.42. The Morgan fingerprint density at radius 3 is 2.49 bits per heavy atom. The number of fused-ring (bicyclic) bond motifs is 2. The van der Waals surface area contributed by atoms with E-state index in [1.165, 1.54) is 6.08 Å². The van der Waals surface area contributed by atoms with Crippen LogP contribution in [0.3, 0.4) is 0 Å². The second kappa shape index (κ2) is 11.0. The smallest absolute Gasteiger partial charge is 0.294 e. The van der Waals surface area contributed by atoms with Crippen molar-refractivity contribution in [3.05, 3.63) is 107 Å². The highest BCUT2D eigenvalue weighted by molar-refractivity contribution is 8.18. The number of carbonyl (C=O) groups excluding carboxylic acids is 3. The van der Waals surface area contributed by atoms with E-state index in [-0.39, 0.29) is 15.9 Å². The molecule has 1 saturated heterocycles. The molecule has 6 rings (SSSR count). The number of carbonyl (C=O) groups is 3. The van der Waals surface area contributed by atoms with Crippen LogP contribution in [0.5, 0.6) is 11.6 Å². The third-order valence-electron chi connectivity index (χ3n) is 6.33. The average molecular weight is 585 g/mol. The number of benzene rings is 4. The highest BCUT2D eigenvalue weighted by atomic mass is 35.5. The fraction of sp³-hybridized carbons (Fsp3) is 0.0333. The predicted molar refractivity (Wildman–Crippen MR) is 156 cm³/mol. The average Bonchev–Trinajstić information content (AvgIpc) is 3.23. The summed E-state index contributed by atoms with van der Waals surface area (Å²) in [6, 6.07) is 23.7. The predicted octanol–water partition coefficient (Wildman–Crippen LogP) is 7.04. The quantitative estimate of drug-likeness (QED) is 0.169. The molecule has 1 N–H and O–H groups in total. The Labute approximate surface area is 241 Å². The zero-order valence-corrected chi connectivity index (χ0v) is 22.6. The molecule has 5 aromatic rings. The summed E-state index contributed by atoms with van der Waals surface area (Å²) in [7, 11) is 0. The monoisotopic (exact) mass is 584 g/mol. The van der Waals surface area contributed by atoms with Gasteiger partial charge >= 0.3 is 0 Å². The lowest BCUT2D eigenvalue weighted by molar-refractivity contribution is -0.127. The molecule has 0 unspecified atom stereocenters. The van der Waals surface area contributed by atoms with Gasteiger partial charge in [0, 0.05) is 16.6 Å². The van der Waals surface area contributed by atoms with E-state index in [0.717, 1.165) is 27.3 Å². The van der Waals surface area contributed by atoms with Gasteiger partial charge in [0.1, 0.15) is 12.3 Å². The van der Waals surface area contributed by atoms with E-state index in [0.29, 0.717) is 28.4 Å². The third kappa shape index (κ3) is 5.34. The minimum absolute atomic E-state index is 0.0790. The summed E-state index contributed by atoms with van der Waals surface area (Å²) < 4.78 is 20.1. The molecule has 0 aliphatic carbocycles. The van der Waals surface area contributed by atoms with Crippen LogP contribution in [0.15, 0.2) is 90.0 Å². The number of rotatable bonds is 6. The minimum atomic E-state index is -0.828. The molecule has 8 nitrogen and oxygen atoms in total. The number of aromatic nitrogens is 2. The number of imide groups is 1. The largest absolute Gasteiger partial charge is 0.436 e. The first-order valence-electron chi connectivity index (χ1n) is 12.3. The zero-order chi connectivity index (χ0) is 28.5. The maximum atomic E-state index is 14.4. The molecule has 1 aliphatic heterocycles. The van der Waals surface area contributed by atoms with Crippen LogP contribution < -0.4 is 10.1 Å². The lowest BCUT2D eigenvalue weighted by Crippen LogP contribution is -2.36. The first-order chi connectivity index (χ1) is 19.9. The van der Waals surface area contributed by atoms with Crippen LogP contribution in [0.1, 0.15) is 5.56 Å². The molecule has 11 heteroatoms. The Bertz CT molecular complexity index is 1910. The van der Waals surface area contributed by atoms with Crippen LogP contribution in [0.25, 0.3) is 27.6 Å². The van der Waals surface area contributed by atoms with Crippen LogP contribution in [0.4, 0.5) is 14.9 Å². The van der Waals surface area contributed by atoms with E-state index in [1.54, 1.807) is 30.3 Å². The number of anilines is 1. The first kappa shape index (κ1) is 26.4. The number of nitrogens with one attached hydrogen (secondary N) is 1. The number of hydrogen-bond acceptors (Lipinski definition) is 7. The molecule has 3 amide bonds. The second-order valence-corrected chi connectivity index (χ2v) is 10.3. The molecule has 202 valence electrons. The first-order valence-corrected chi connectivity index (χ1v) is 13.5. The van der Waals surface area contributed by atoms with Crippen molar-refractivity contribution < 1.29 is 23.5 Å². The molecule has 2 heterocycles. The minimum Gasteiger partial charge on any atom is -0.436 e. The Balaban J connectivity index is 1.29. The van der Waals surface area contributed by atoms with E-state index < -0.39 is 35.3 Å². The van der Waals surface area contributed by atoms with E-state index >= 15 is 0 Å². The normalized spacial score (nSPS) is 14.3. The summed E-state index contributed by atoms with van der Waals surface area (Å²) in [4.78, 5) is 47.4. The lowest BCUT2D eigenvalue weighted by atomic mass is 10.0. The summed E-state index contributed by atoms with van der Waals surface area (Å²) in [6.45, 7) is -0.464. The fourth-order valence-corrected chi connectivity index (χ4v) is 5.40. The Morgan fingerprint density at radius 1 is 0.976 bits per heavy atom. The number of nitrogens with zero attached hydrogens (tertiary/aromatic N) is 3. The van der Waals surface area contributed by atoms with Gasteiger partial charge in [-0.2, -0.15) is 9.37 Å². The number of thioether (sulfide) groups is 1. The standard InChI is InChI=1S/C30H18ClFN4O4S/c31-29-33-15-22(32)27(35-29)40-24-13-12-18-7-1-3-9-19(18)21(24)14-25-28(38)36(30(39)41-25)16-26(37)34-23-11-5-8-17-6-2-4-10-20(17)23/h1-15H,16H2,(H,34,37)/b25-14+. The number of ether oxygens (including phenoxy) is 1. The molecule has 0 saturated carbocycles. The van der Waals surface area contributed by atoms with Crippen molar-refractivity contribution in [1.29, 1.82) is 0 Å². The molecule has 0 atom stereocenters. The van der Waals surface area contributed by atoms with Crippen LogP contribution >= 0.6 is 23.4 Å². The SMILES string of the molecule is O=C(CN1C(=O)S/C(=C/c2c(Oc3nc(Cl)ncc3F)ccc3ccccc23)C1=O)Nc1cccc2ccccc12. The maximum absolute atomic E-state index is 14.4. The van der Waals surface area contributed by atoms with Crippen LogP contribution in [0, 0.1) is 5.82 Å². The van der Waals surface area contributed by atoms with E-state index in [4.69, 9.17) is 16.3 Å². The number of halogens is 2. The molecule has 1 fully saturated rings. The lowest BCUT2D eigenvalue weighted by Gasteiger charge is -2.14. The fourth-order valence-electron chi connectivity index (χ4n) is 4.46. The highest BCUT2D eigenvalue weighted by Gasteiger charge is 2.36. The molecule has 1 aromatic heterocycles. The number of hydrogen-bond donors (Lipinski definition) is 1. The zero-order valence-electron chi connectivity index (χ0n) is 21.0. The van der Waals surface area contributed by atoms with Crippen molar-refractivity contribution in [3.63, 3.8) is 0 Å². The Morgan fingerprint density at radius 2 is 1.68 bits per heavy atom. The van der Waals surface area contributed by atoms with Gasteiger partial charge in [-0.25, -0.2) is 4.98 Å². The molecule has 1 aliphatic rings. The van der Waals surface area contributed by atoms with Gasteiger partial charge in [-0.15, -0.1) is 0 Å². The molecule has 0 bridgehead atoms. The Hall–Kier alpha value is -4.80. The molecular weight excluding hydrogens is 567 g/mol. The van der Waals surface area contributed by atoms with Crippen molar-refractivity contribution in [2.75, 3.05) is 11.9 Å². The van der Waals surface area contributed by atoms with Gasteiger partial charge in [-0.05, 0) is 57.7 Å². The summed E-state index contributed by atoms with van der Waals surface area (Å²) in [5, 5.41) is 5.28. The highest BCUT2D eigenvalue weighted by Crippen LogP contribution is 2.38. The van der Waals surface area contributed by atoms with Gasteiger partial charge in [0.2, 0.25) is 17.0 Å². The van der Waals surface area contributed by atoms with Gasteiger partial charge in [-0.3, -0.25) is 19.3 Å². The molecule has 0 spiro atoms. The van der Waals surface area contributed by atoms with Gasteiger partial charge in [0.05, 0.1) is 11.1 Å². The summed E-state index contributed by atoms with van der Waals surface area (Å²) in [5.41, 5.74) is 0.994. The summed E-state index contributed by atoms with van der Waals surface area (Å²) >= 11 is 6.52. The molecule has 4 aromatic carbocycles. The van der Waals surface area contributed by atoms with Crippen molar-refractivity contribution in [3.8, 4) is 11.6 Å².